The van der Waals surface area contributed by atoms with Gasteiger partial charge in [-0.25, -0.2) is 9.38 Å². The maximum atomic E-state index is 14.6. The van der Waals surface area contributed by atoms with Crippen molar-refractivity contribution in [2.24, 2.45) is 16.8 Å². The van der Waals surface area contributed by atoms with Crippen molar-refractivity contribution in [3.8, 4) is 17.3 Å². The quantitative estimate of drug-likeness (QED) is 0.185. The van der Waals surface area contributed by atoms with Crippen LogP contribution in [0.1, 0.15) is 90.8 Å². The van der Waals surface area contributed by atoms with Crippen molar-refractivity contribution >= 4 is 59.6 Å². The molecule has 5 heterocycles. The minimum atomic E-state index is -0.490. The number of thiophene rings is 1. The van der Waals surface area contributed by atoms with E-state index >= 15 is 0 Å². The van der Waals surface area contributed by atoms with Gasteiger partial charge >= 0.3 is 0 Å². The number of pyridine rings is 1. The summed E-state index contributed by atoms with van der Waals surface area (Å²) in [6.07, 6.45) is 8.22. The molecule has 2 aromatic heterocycles. The molecule has 3 aliphatic heterocycles. The topological polar surface area (TPSA) is 96.8 Å². The molecule has 0 saturated carbocycles. The van der Waals surface area contributed by atoms with Gasteiger partial charge in [-0.2, -0.15) is 5.26 Å². The van der Waals surface area contributed by atoms with Crippen LogP contribution < -0.4 is 21.5 Å². The highest BCUT2D eigenvalue weighted by Gasteiger charge is 2.27. The Morgan fingerprint density at radius 1 is 1.26 bits per heavy atom. The number of aromatic nitrogens is 1. The van der Waals surface area contributed by atoms with Crippen molar-refractivity contribution in [1.82, 2.24) is 9.88 Å². The number of hydrogen-bond acceptors (Lipinski definition) is 7. The van der Waals surface area contributed by atoms with Gasteiger partial charge in [0.25, 0.3) is 0 Å². The molecule has 6 rings (SSSR count). The Bertz CT molecular complexity index is 1680. The fraction of sp³-hybridized carbons (Fsp3) is 0.528. The van der Waals surface area contributed by atoms with Crippen LogP contribution in [0.15, 0.2) is 11.2 Å². The zero-order valence-corrected chi connectivity index (χ0v) is 30.6. The van der Waals surface area contributed by atoms with Crippen molar-refractivity contribution in [3.05, 3.63) is 39.1 Å². The van der Waals surface area contributed by atoms with E-state index in [4.69, 9.17) is 20.2 Å². The number of nitrogen functional groups attached to an aromatic ring is 1. The SMILES string of the molecule is C=c1c(P)c(-c2ncc(F)c3sc(N)c(C#N)c23)c2c(/c1=C/N=C(C)N1CCC(C)C1)COC2.CC.CC.CCCC1CCOC1. The number of halogens is 1. The number of rotatable bonds is 4. The third kappa shape index (κ3) is 8.15. The lowest BCUT2D eigenvalue weighted by Gasteiger charge is -2.17. The van der Waals surface area contributed by atoms with Crippen LogP contribution in [0.5, 0.6) is 0 Å². The number of amidine groups is 1. The van der Waals surface area contributed by atoms with Gasteiger partial charge in [0.05, 0.1) is 35.4 Å². The number of nitrogens with two attached hydrogens (primary N) is 1. The maximum Gasteiger partial charge on any atom is 0.159 e. The van der Waals surface area contributed by atoms with E-state index in [0.29, 0.717) is 34.9 Å². The van der Waals surface area contributed by atoms with Crippen LogP contribution in [0.4, 0.5) is 9.39 Å². The van der Waals surface area contributed by atoms with Gasteiger partial charge in [-0.15, -0.1) is 20.6 Å². The number of likely N-dealkylation sites (tertiary alicyclic amines) is 1. The summed E-state index contributed by atoms with van der Waals surface area (Å²) in [5.41, 5.74) is 9.58. The molecule has 0 aliphatic carbocycles. The molecular weight excluding hydrogens is 616 g/mol. The molecule has 250 valence electrons. The monoisotopic (exact) mass is 667 g/mol. The third-order valence-electron chi connectivity index (χ3n) is 8.43. The van der Waals surface area contributed by atoms with Crippen molar-refractivity contribution in [1.29, 1.82) is 5.26 Å². The molecular formula is C36H51FN5O2PS. The Kier molecular flexibility index (Phi) is 14.6. The molecule has 46 heavy (non-hydrogen) atoms. The van der Waals surface area contributed by atoms with Crippen molar-refractivity contribution < 1.29 is 13.9 Å². The van der Waals surface area contributed by atoms with E-state index in [0.717, 1.165) is 81.8 Å². The molecule has 3 aromatic rings. The minimum absolute atomic E-state index is 0.250. The summed E-state index contributed by atoms with van der Waals surface area (Å²) < 4.78 is 26.0. The van der Waals surface area contributed by atoms with Crippen LogP contribution in [0, 0.1) is 29.0 Å². The van der Waals surface area contributed by atoms with E-state index in [1.807, 2.05) is 40.8 Å². The third-order valence-corrected chi connectivity index (χ3v) is 10.1. The summed E-state index contributed by atoms with van der Waals surface area (Å²) in [7, 11) is 2.75. The van der Waals surface area contributed by atoms with E-state index in [1.165, 1.54) is 31.9 Å². The van der Waals surface area contributed by atoms with E-state index < -0.39 is 5.82 Å². The number of aliphatic imine (C=N–C) groups is 1. The lowest BCUT2D eigenvalue weighted by molar-refractivity contribution is 0.134. The predicted octanol–water partition coefficient (Wildman–Crippen LogP) is 6.87. The average molecular weight is 668 g/mol. The second-order valence-corrected chi connectivity index (χ2v) is 13.0. The first-order valence-corrected chi connectivity index (χ1v) is 18.0. The number of benzene rings is 1. The Morgan fingerprint density at radius 2 is 1.98 bits per heavy atom. The van der Waals surface area contributed by atoms with Crippen LogP contribution >= 0.6 is 20.6 Å². The van der Waals surface area contributed by atoms with Crippen molar-refractivity contribution in [2.45, 2.75) is 87.4 Å². The summed E-state index contributed by atoms with van der Waals surface area (Å²) in [4.78, 5) is 11.5. The fourth-order valence-corrected chi connectivity index (χ4v) is 7.42. The standard InChI is InChI=1S/C25H25FN5OPS.C7H14O.2C2H6/c1-12-4-5-31(9-12)14(3)29-7-16-13(2)23(33)20(18-11-32-10-17(16)18)22-21-15(6-27)25(28)34-24(21)19(26)8-30-22;1-2-3-7-4-5-8-6-7;2*1-2/h7-8,12H,2,4-5,9-11,28,33H2,1,3H3;7H,2-6H2,1H3;2*1-2H3/b16-7+,29-14?;;;. The highest BCUT2D eigenvalue weighted by Crippen LogP contribution is 2.41. The molecule has 2 N–H and O–H groups in total. The van der Waals surface area contributed by atoms with Crippen molar-refractivity contribution in [2.75, 3.05) is 32.0 Å². The average Bonchev–Trinajstić information content (AvgIpc) is 3.89. The number of nitriles is 1. The molecule has 7 nitrogen and oxygen atoms in total. The largest absolute Gasteiger partial charge is 0.389 e. The van der Waals surface area contributed by atoms with Crippen molar-refractivity contribution in [3.63, 3.8) is 0 Å². The summed E-state index contributed by atoms with van der Waals surface area (Å²) >= 11 is 1.07. The smallest absolute Gasteiger partial charge is 0.159 e. The Morgan fingerprint density at radius 3 is 2.59 bits per heavy atom. The van der Waals surface area contributed by atoms with Gasteiger partial charge in [0, 0.05) is 48.7 Å². The second kappa shape index (κ2) is 17.9. The molecule has 0 radical (unpaired) electrons. The molecule has 10 heteroatoms. The normalized spacial score (nSPS) is 19.1. The lowest BCUT2D eigenvalue weighted by atomic mass is 9.95. The molecule has 0 amide bonds. The van der Waals surface area contributed by atoms with Gasteiger partial charge in [0.15, 0.2) is 5.82 Å². The van der Waals surface area contributed by atoms with Gasteiger partial charge in [0.1, 0.15) is 16.9 Å². The Labute approximate surface area is 280 Å². The minimum Gasteiger partial charge on any atom is -0.389 e. The number of hydrogen-bond donors (Lipinski definition) is 1. The maximum absolute atomic E-state index is 14.6. The summed E-state index contributed by atoms with van der Waals surface area (Å²) in [6.45, 7) is 23.8. The molecule has 1 aromatic carbocycles. The second-order valence-electron chi connectivity index (χ2n) is 11.4. The first-order chi connectivity index (χ1) is 22.2. The summed E-state index contributed by atoms with van der Waals surface area (Å²) in [5, 5.41) is 13.0. The number of nitrogens with zero attached hydrogens (tertiary/aromatic N) is 4. The zero-order chi connectivity index (χ0) is 34.0. The summed E-state index contributed by atoms with van der Waals surface area (Å²) in [5.74, 6) is 2.06. The molecule has 0 bridgehead atoms. The number of ether oxygens (including phenoxy) is 2. The van der Waals surface area contributed by atoms with Gasteiger partial charge in [0.2, 0.25) is 0 Å². The molecule has 3 atom stereocenters. The molecule has 2 saturated heterocycles. The van der Waals surface area contributed by atoms with Crippen LogP contribution in [0.25, 0.3) is 34.1 Å². The first kappa shape index (κ1) is 37.6. The molecule has 3 aliphatic rings. The van der Waals surface area contributed by atoms with Crippen LogP contribution in [0.2, 0.25) is 0 Å². The highest BCUT2D eigenvalue weighted by atomic mass is 32.1. The van der Waals surface area contributed by atoms with E-state index in [1.54, 1.807) is 0 Å². The number of fused-ring (bicyclic) bond motifs is 2. The number of anilines is 1. The van der Waals surface area contributed by atoms with E-state index in [-0.39, 0.29) is 10.6 Å². The van der Waals surface area contributed by atoms with Gasteiger partial charge in [-0.1, -0.05) is 54.5 Å². The highest BCUT2D eigenvalue weighted by molar-refractivity contribution is 7.28. The molecule has 0 spiro atoms. The van der Waals surface area contributed by atoms with Crippen LogP contribution in [-0.2, 0) is 22.7 Å². The molecule has 2 fully saturated rings. The van der Waals surface area contributed by atoms with Gasteiger partial charge in [-0.05, 0) is 59.7 Å². The Balaban J connectivity index is 0.000000411. The Hall–Kier alpha value is -2.89. The zero-order valence-electron chi connectivity index (χ0n) is 28.6. The van der Waals surface area contributed by atoms with Crippen LogP contribution in [0.3, 0.4) is 0 Å². The summed E-state index contributed by atoms with van der Waals surface area (Å²) in [6, 6.07) is 2.13. The fourth-order valence-electron chi connectivity index (χ4n) is 6.04. The van der Waals surface area contributed by atoms with E-state index in [2.05, 4.69) is 45.6 Å². The van der Waals surface area contributed by atoms with Gasteiger partial charge in [-0.3, -0.25) is 4.98 Å². The molecule has 3 unspecified atom stereocenters. The van der Waals surface area contributed by atoms with Gasteiger partial charge < -0.3 is 20.1 Å². The van der Waals surface area contributed by atoms with Crippen LogP contribution in [-0.4, -0.2) is 42.0 Å². The predicted molar refractivity (Wildman–Crippen MR) is 196 cm³/mol. The lowest BCUT2D eigenvalue weighted by Crippen LogP contribution is -2.38. The first-order valence-electron chi connectivity index (χ1n) is 16.6. The van der Waals surface area contributed by atoms with E-state index in [9.17, 15) is 9.65 Å².